The number of hydrogen-bond acceptors (Lipinski definition) is 3. The van der Waals surface area contributed by atoms with Crippen molar-refractivity contribution in [2.45, 2.75) is 57.3 Å². The molecule has 110 valence electrons. The van der Waals surface area contributed by atoms with Crippen molar-refractivity contribution in [2.24, 2.45) is 0 Å². The highest BCUT2D eigenvalue weighted by atomic mass is 15.2. The maximum absolute atomic E-state index is 9.79. The van der Waals surface area contributed by atoms with Crippen molar-refractivity contribution in [3.8, 4) is 6.07 Å². The Balaban J connectivity index is 2.01. The fraction of sp³-hybridized carbons (Fsp3) is 0.556. The molecule has 1 aliphatic carbocycles. The van der Waals surface area contributed by atoms with Crippen molar-refractivity contribution in [1.82, 2.24) is 4.98 Å². The van der Waals surface area contributed by atoms with E-state index in [-0.39, 0.29) is 5.41 Å². The summed E-state index contributed by atoms with van der Waals surface area (Å²) in [7, 11) is 0. The highest BCUT2D eigenvalue weighted by Crippen LogP contribution is 2.40. The van der Waals surface area contributed by atoms with Gasteiger partial charge in [-0.05, 0) is 50.3 Å². The fourth-order valence-corrected chi connectivity index (χ4v) is 3.70. The van der Waals surface area contributed by atoms with Gasteiger partial charge in [-0.15, -0.1) is 0 Å². The number of aryl methyl sites for hydroxylation is 1. The van der Waals surface area contributed by atoms with Gasteiger partial charge in [-0.1, -0.05) is 25.8 Å². The predicted octanol–water partition coefficient (Wildman–Crippen LogP) is 4.23. The van der Waals surface area contributed by atoms with Crippen molar-refractivity contribution >= 4 is 5.82 Å². The summed E-state index contributed by atoms with van der Waals surface area (Å²) in [5.41, 5.74) is 3.00. The molecular formula is C18H23N3. The second-order valence-corrected chi connectivity index (χ2v) is 6.43. The minimum absolute atomic E-state index is 0.304. The predicted molar refractivity (Wildman–Crippen MR) is 85.1 cm³/mol. The van der Waals surface area contributed by atoms with E-state index in [4.69, 9.17) is 0 Å². The number of anilines is 1. The Morgan fingerprint density at radius 2 is 2.00 bits per heavy atom. The Hall–Kier alpha value is -1.82. The van der Waals surface area contributed by atoms with Gasteiger partial charge in [-0.25, -0.2) is 4.98 Å². The minimum Gasteiger partial charge on any atom is -0.331 e. The van der Waals surface area contributed by atoms with E-state index in [2.05, 4.69) is 34.7 Å². The zero-order valence-electron chi connectivity index (χ0n) is 12.9. The fourth-order valence-electron chi connectivity index (χ4n) is 3.70. The first-order valence-corrected chi connectivity index (χ1v) is 8.00. The normalized spacial score (nSPS) is 21.3. The number of nitriles is 1. The minimum atomic E-state index is -0.304. The monoisotopic (exact) mass is 281 g/mol. The third-order valence-electron chi connectivity index (χ3n) is 4.92. The molecule has 0 N–H and O–H groups in total. The van der Waals surface area contributed by atoms with Gasteiger partial charge in [-0.3, -0.25) is 0 Å². The molecule has 2 heterocycles. The van der Waals surface area contributed by atoms with Crippen LogP contribution in [0.4, 0.5) is 5.82 Å². The Labute approximate surface area is 127 Å². The number of rotatable bonds is 2. The van der Waals surface area contributed by atoms with Gasteiger partial charge in [0.25, 0.3) is 0 Å². The second-order valence-electron chi connectivity index (χ2n) is 6.43. The molecule has 1 aliphatic heterocycles. The van der Waals surface area contributed by atoms with Gasteiger partial charge in [0, 0.05) is 17.9 Å². The van der Waals surface area contributed by atoms with Gasteiger partial charge < -0.3 is 4.90 Å². The van der Waals surface area contributed by atoms with Gasteiger partial charge in [-0.2, -0.15) is 5.26 Å². The lowest BCUT2D eigenvalue weighted by Crippen LogP contribution is -2.28. The third kappa shape index (κ3) is 2.55. The van der Waals surface area contributed by atoms with Gasteiger partial charge in [0.15, 0.2) is 0 Å². The summed E-state index contributed by atoms with van der Waals surface area (Å²) in [4.78, 5) is 6.89. The molecular weight excluding hydrogens is 258 g/mol. The summed E-state index contributed by atoms with van der Waals surface area (Å²) in [6.07, 6.45) is 7.72. The SMILES string of the molecule is C=C1CCCN1c1cc(C2(C#N)CCCCC2)cc(C)n1. The van der Waals surface area contributed by atoms with Gasteiger partial charge in [0.2, 0.25) is 0 Å². The lowest BCUT2D eigenvalue weighted by Gasteiger charge is -2.32. The first-order chi connectivity index (χ1) is 10.1. The molecule has 2 fully saturated rings. The van der Waals surface area contributed by atoms with Crippen LogP contribution in [-0.4, -0.2) is 11.5 Å². The molecule has 3 nitrogen and oxygen atoms in total. The number of allylic oxidation sites excluding steroid dienone is 1. The Morgan fingerprint density at radius 1 is 1.24 bits per heavy atom. The average molecular weight is 281 g/mol. The molecule has 2 aliphatic rings. The summed E-state index contributed by atoms with van der Waals surface area (Å²) in [6, 6.07) is 6.87. The van der Waals surface area contributed by atoms with Crippen molar-refractivity contribution in [3.63, 3.8) is 0 Å². The van der Waals surface area contributed by atoms with E-state index in [1.54, 1.807) is 0 Å². The summed E-state index contributed by atoms with van der Waals surface area (Å²) in [6.45, 7) is 7.16. The summed E-state index contributed by atoms with van der Waals surface area (Å²) >= 11 is 0. The molecule has 0 radical (unpaired) electrons. The van der Waals surface area contributed by atoms with Crippen LogP contribution in [0.5, 0.6) is 0 Å². The highest BCUT2D eigenvalue weighted by Gasteiger charge is 2.35. The second kappa shape index (κ2) is 5.52. The van der Waals surface area contributed by atoms with E-state index in [1.165, 1.54) is 6.42 Å². The maximum atomic E-state index is 9.79. The van der Waals surface area contributed by atoms with Crippen LogP contribution in [0.25, 0.3) is 0 Å². The number of aromatic nitrogens is 1. The Kier molecular flexibility index (Phi) is 3.71. The molecule has 1 saturated heterocycles. The molecule has 1 aromatic rings. The largest absolute Gasteiger partial charge is 0.331 e. The molecule has 1 saturated carbocycles. The number of pyridine rings is 1. The molecule has 0 aromatic carbocycles. The first kappa shape index (κ1) is 14.1. The van der Waals surface area contributed by atoms with Crippen LogP contribution in [0.15, 0.2) is 24.4 Å². The summed E-state index contributed by atoms with van der Waals surface area (Å²) in [5, 5.41) is 9.79. The Bertz CT molecular complexity index is 591. The van der Waals surface area contributed by atoms with Crippen LogP contribution < -0.4 is 4.90 Å². The summed E-state index contributed by atoms with van der Waals surface area (Å²) in [5.74, 6) is 0.979. The van der Waals surface area contributed by atoms with E-state index in [1.807, 2.05) is 6.92 Å². The number of hydrogen-bond donors (Lipinski definition) is 0. The van der Waals surface area contributed by atoms with Crippen molar-refractivity contribution in [3.05, 3.63) is 35.7 Å². The van der Waals surface area contributed by atoms with E-state index >= 15 is 0 Å². The van der Waals surface area contributed by atoms with Crippen molar-refractivity contribution in [2.75, 3.05) is 11.4 Å². The van der Waals surface area contributed by atoms with E-state index in [9.17, 15) is 5.26 Å². The molecule has 0 amide bonds. The molecule has 0 spiro atoms. The lowest BCUT2D eigenvalue weighted by molar-refractivity contribution is 0.365. The molecule has 1 aromatic heterocycles. The molecule has 0 bridgehead atoms. The van der Waals surface area contributed by atoms with Gasteiger partial charge >= 0.3 is 0 Å². The third-order valence-corrected chi connectivity index (χ3v) is 4.92. The van der Waals surface area contributed by atoms with Crippen LogP contribution in [0.1, 0.15) is 56.2 Å². The number of nitrogens with zero attached hydrogens (tertiary/aromatic N) is 3. The lowest BCUT2D eigenvalue weighted by atomic mass is 9.70. The van der Waals surface area contributed by atoms with Crippen LogP contribution in [0.2, 0.25) is 0 Å². The molecule has 0 atom stereocenters. The maximum Gasteiger partial charge on any atom is 0.133 e. The Morgan fingerprint density at radius 3 is 2.62 bits per heavy atom. The van der Waals surface area contributed by atoms with Gasteiger partial charge in [0.05, 0.1) is 11.5 Å². The first-order valence-electron chi connectivity index (χ1n) is 8.00. The zero-order chi connectivity index (χ0) is 14.9. The van der Waals surface area contributed by atoms with Crippen molar-refractivity contribution in [1.29, 1.82) is 5.26 Å². The van der Waals surface area contributed by atoms with Crippen LogP contribution in [0, 0.1) is 18.3 Å². The van der Waals surface area contributed by atoms with E-state index < -0.39 is 0 Å². The molecule has 3 heteroatoms. The smallest absolute Gasteiger partial charge is 0.133 e. The van der Waals surface area contributed by atoms with Crippen LogP contribution >= 0.6 is 0 Å². The summed E-state index contributed by atoms with van der Waals surface area (Å²) < 4.78 is 0. The van der Waals surface area contributed by atoms with Crippen LogP contribution in [0.3, 0.4) is 0 Å². The van der Waals surface area contributed by atoms with E-state index in [0.29, 0.717) is 0 Å². The molecule has 0 unspecified atom stereocenters. The molecule has 21 heavy (non-hydrogen) atoms. The quantitative estimate of drug-likeness (QED) is 0.814. The molecule has 3 rings (SSSR count). The van der Waals surface area contributed by atoms with Crippen LogP contribution in [-0.2, 0) is 5.41 Å². The van der Waals surface area contributed by atoms with E-state index in [0.717, 1.165) is 67.8 Å². The highest BCUT2D eigenvalue weighted by molar-refractivity contribution is 5.52. The van der Waals surface area contributed by atoms with Gasteiger partial charge in [0.1, 0.15) is 5.82 Å². The standard InChI is InChI=1S/C18H23N3/c1-14-11-16(18(13-19)8-4-3-5-9-18)12-17(20-14)21-10-6-7-15(21)2/h11-12H,2-10H2,1H3. The topological polar surface area (TPSA) is 39.9 Å². The van der Waals surface area contributed by atoms with Crippen molar-refractivity contribution < 1.29 is 0 Å². The average Bonchev–Trinajstić information content (AvgIpc) is 2.93. The zero-order valence-corrected chi connectivity index (χ0v) is 12.9.